The van der Waals surface area contributed by atoms with Crippen LogP contribution in [-0.2, 0) is 14.4 Å². The number of likely N-dealkylation sites (tertiary alicyclic amines) is 1. The molecule has 0 radical (unpaired) electrons. The molecule has 1 aromatic rings. The van der Waals surface area contributed by atoms with Crippen LogP contribution in [0.25, 0.3) is 0 Å². The van der Waals surface area contributed by atoms with Crippen LogP contribution in [-0.4, -0.2) is 63.5 Å². The van der Waals surface area contributed by atoms with E-state index in [0.29, 0.717) is 13.1 Å². The number of unbranched alkanes of at least 4 members (excludes halogenated alkanes) is 3. The average Bonchev–Trinajstić information content (AvgIpc) is 3.47. The maximum atomic E-state index is 13.9. The summed E-state index contributed by atoms with van der Waals surface area (Å²) < 4.78 is -0.553. The Balaban J connectivity index is 1.62. The molecule has 35 heavy (non-hydrogen) atoms. The summed E-state index contributed by atoms with van der Waals surface area (Å²) >= 11 is 1.71. The van der Waals surface area contributed by atoms with Crippen LogP contribution in [0.5, 0.6) is 0 Å². The minimum atomic E-state index is -0.586. The zero-order valence-corrected chi connectivity index (χ0v) is 22.0. The molecule has 8 heteroatoms. The lowest BCUT2D eigenvalue weighted by atomic mass is 9.70. The molecule has 1 spiro atoms. The summed E-state index contributed by atoms with van der Waals surface area (Å²) in [7, 11) is 0. The molecule has 2 bridgehead atoms. The molecule has 3 fully saturated rings. The Kier molecular flexibility index (Phi) is 8.11. The molecule has 7 nitrogen and oxygen atoms in total. The van der Waals surface area contributed by atoms with Crippen molar-refractivity contribution in [3.05, 3.63) is 29.3 Å². The first-order valence-corrected chi connectivity index (χ1v) is 14.0. The van der Waals surface area contributed by atoms with Crippen LogP contribution in [0.4, 0.5) is 5.69 Å². The largest absolute Gasteiger partial charge is 0.396 e. The molecule has 3 aliphatic heterocycles. The second-order valence-electron chi connectivity index (χ2n) is 10.3. The number of aryl methyl sites for hydroxylation is 2. The molecule has 0 aliphatic carbocycles. The number of thioether (sulfide) groups is 1. The van der Waals surface area contributed by atoms with E-state index in [4.69, 9.17) is 5.11 Å². The van der Waals surface area contributed by atoms with Crippen LogP contribution in [0.2, 0.25) is 0 Å². The van der Waals surface area contributed by atoms with Gasteiger partial charge in [-0.05, 0) is 63.1 Å². The molecule has 0 aromatic heterocycles. The molecule has 192 valence electrons. The van der Waals surface area contributed by atoms with Crippen LogP contribution in [0.15, 0.2) is 18.2 Å². The van der Waals surface area contributed by atoms with Crippen molar-refractivity contribution in [2.75, 3.05) is 25.0 Å². The third-order valence-electron chi connectivity index (χ3n) is 7.86. The number of hydrogen-bond acceptors (Lipinski definition) is 5. The number of anilines is 1. The first-order chi connectivity index (χ1) is 16.8. The Morgan fingerprint density at radius 3 is 2.69 bits per heavy atom. The number of hydrogen-bond donors (Lipinski definition) is 3. The van der Waals surface area contributed by atoms with Crippen LogP contribution in [0.1, 0.15) is 63.0 Å². The van der Waals surface area contributed by atoms with Crippen LogP contribution in [0, 0.1) is 25.7 Å². The standard InChI is InChI=1S/C27H39N3O4S/c1-4-13-28-24(32)21-20-11-12-27(35-20)22(21)26(34)30(14-7-5-6-8-15-31)23(27)25(33)29-19-16-17(2)9-10-18(19)3/h9-10,16,20-23,31H,4-8,11-15H2,1-3H3,(H,28,32)(H,29,33)/t20-,21+,22+,23?,27?/m1/s1. The Labute approximate surface area is 212 Å². The van der Waals surface area contributed by atoms with Gasteiger partial charge in [-0.1, -0.05) is 31.9 Å². The van der Waals surface area contributed by atoms with Crippen LogP contribution >= 0.6 is 11.8 Å². The lowest BCUT2D eigenvalue weighted by Crippen LogP contribution is -2.52. The number of amides is 3. The maximum absolute atomic E-state index is 13.9. The molecule has 0 saturated carbocycles. The number of carbonyl (C=O) groups excluding carboxylic acids is 3. The number of benzene rings is 1. The highest BCUT2D eigenvalue weighted by Gasteiger charge is 2.73. The Morgan fingerprint density at radius 2 is 1.94 bits per heavy atom. The van der Waals surface area contributed by atoms with E-state index in [0.717, 1.165) is 61.8 Å². The number of aliphatic hydroxyl groups excluding tert-OH is 1. The second-order valence-corrected chi connectivity index (χ2v) is 11.9. The molecule has 3 aliphatic rings. The molecular weight excluding hydrogens is 462 g/mol. The quantitative estimate of drug-likeness (QED) is 0.404. The molecule has 2 unspecified atom stereocenters. The highest BCUT2D eigenvalue weighted by atomic mass is 32.2. The molecule has 3 amide bonds. The lowest BCUT2D eigenvalue weighted by Gasteiger charge is -2.34. The van der Waals surface area contributed by atoms with Gasteiger partial charge in [-0.15, -0.1) is 11.8 Å². The summed E-state index contributed by atoms with van der Waals surface area (Å²) in [5.74, 6) is -1.05. The van der Waals surface area contributed by atoms with Crippen LogP contribution < -0.4 is 10.6 Å². The third kappa shape index (κ3) is 4.84. The molecule has 3 heterocycles. The van der Waals surface area contributed by atoms with E-state index in [1.807, 2.05) is 39.0 Å². The van der Waals surface area contributed by atoms with E-state index < -0.39 is 16.7 Å². The Hall–Kier alpha value is -2.06. The third-order valence-corrected chi connectivity index (χ3v) is 9.81. The number of fused-ring (bicyclic) bond motifs is 1. The first-order valence-electron chi connectivity index (χ1n) is 13.1. The van der Waals surface area contributed by atoms with E-state index in [2.05, 4.69) is 10.6 Å². The number of nitrogens with zero attached hydrogens (tertiary/aromatic N) is 1. The Morgan fingerprint density at radius 1 is 1.17 bits per heavy atom. The fourth-order valence-electron chi connectivity index (χ4n) is 6.18. The summed E-state index contributed by atoms with van der Waals surface area (Å²) in [4.78, 5) is 42.7. The minimum Gasteiger partial charge on any atom is -0.396 e. The summed E-state index contributed by atoms with van der Waals surface area (Å²) in [5.41, 5.74) is 2.83. The van der Waals surface area contributed by atoms with E-state index in [9.17, 15) is 14.4 Å². The molecule has 5 atom stereocenters. The van der Waals surface area contributed by atoms with Gasteiger partial charge in [-0.3, -0.25) is 14.4 Å². The SMILES string of the molecule is CCCNC(=O)[C@@H]1[C@H]2C(=O)N(CCCCCCO)C(C(=O)Nc3cc(C)ccc3C)C23CC[C@H]1S3. The summed E-state index contributed by atoms with van der Waals surface area (Å²) in [5, 5.41) is 15.3. The second kappa shape index (κ2) is 10.9. The van der Waals surface area contributed by atoms with Crippen LogP contribution in [0.3, 0.4) is 0 Å². The van der Waals surface area contributed by atoms with Gasteiger partial charge < -0.3 is 20.6 Å². The average molecular weight is 502 g/mol. The number of aliphatic hydroxyl groups is 1. The van der Waals surface area contributed by atoms with Gasteiger partial charge in [0.15, 0.2) is 0 Å². The predicted molar refractivity (Wildman–Crippen MR) is 139 cm³/mol. The van der Waals surface area contributed by atoms with Gasteiger partial charge in [-0.25, -0.2) is 0 Å². The highest BCUT2D eigenvalue weighted by Crippen LogP contribution is 2.66. The van der Waals surface area contributed by atoms with Gasteiger partial charge >= 0.3 is 0 Å². The summed E-state index contributed by atoms with van der Waals surface area (Å²) in [6, 6.07) is 5.40. The van der Waals surface area contributed by atoms with Gasteiger partial charge in [0.2, 0.25) is 17.7 Å². The van der Waals surface area contributed by atoms with E-state index in [-0.39, 0.29) is 35.5 Å². The van der Waals surface area contributed by atoms with Crippen molar-refractivity contribution in [2.45, 2.75) is 81.8 Å². The lowest BCUT2D eigenvalue weighted by molar-refractivity contribution is -0.139. The van der Waals surface area contributed by atoms with Crippen molar-refractivity contribution in [2.24, 2.45) is 11.8 Å². The van der Waals surface area contributed by atoms with Crippen molar-refractivity contribution < 1.29 is 19.5 Å². The minimum absolute atomic E-state index is 0.0391. The highest BCUT2D eigenvalue weighted by molar-refractivity contribution is 8.02. The predicted octanol–water partition coefficient (Wildman–Crippen LogP) is 3.41. The summed E-state index contributed by atoms with van der Waals surface area (Å²) in [6.07, 6.45) is 5.80. The topological polar surface area (TPSA) is 98.7 Å². The molecule has 1 aromatic carbocycles. The molecular formula is C27H39N3O4S. The van der Waals surface area contributed by atoms with Gasteiger partial charge in [0.05, 0.1) is 16.6 Å². The van der Waals surface area contributed by atoms with E-state index in [1.54, 1.807) is 16.7 Å². The van der Waals surface area contributed by atoms with Crippen molar-refractivity contribution >= 4 is 35.2 Å². The first kappa shape index (κ1) is 26.0. The van der Waals surface area contributed by atoms with Crippen molar-refractivity contribution in [3.8, 4) is 0 Å². The van der Waals surface area contributed by atoms with Crippen molar-refractivity contribution in [3.63, 3.8) is 0 Å². The number of nitrogens with one attached hydrogen (secondary N) is 2. The Bertz CT molecular complexity index is 970. The number of rotatable bonds is 11. The fourth-order valence-corrected chi connectivity index (χ4v) is 8.40. The van der Waals surface area contributed by atoms with Gasteiger partial charge in [-0.2, -0.15) is 0 Å². The van der Waals surface area contributed by atoms with Crippen molar-refractivity contribution in [1.82, 2.24) is 10.2 Å². The van der Waals surface area contributed by atoms with Gasteiger partial charge in [0.1, 0.15) is 6.04 Å². The monoisotopic (exact) mass is 501 g/mol. The normalized spacial score (nSPS) is 28.9. The maximum Gasteiger partial charge on any atom is 0.248 e. The van der Waals surface area contributed by atoms with Gasteiger partial charge in [0, 0.05) is 30.6 Å². The molecule has 3 saturated heterocycles. The zero-order valence-electron chi connectivity index (χ0n) is 21.1. The van der Waals surface area contributed by atoms with E-state index >= 15 is 0 Å². The molecule has 3 N–H and O–H groups in total. The van der Waals surface area contributed by atoms with Crippen molar-refractivity contribution in [1.29, 1.82) is 0 Å². The van der Waals surface area contributed by atoms with Gasteiger partial charge in [0.25, 0.3) is 0 Å². The fraction of sp³-hybridized carbons (Fsp3) is 0.667. The zero-order chi connectivity index (χ0) is 25.2. The summed E-state index contributed by atoms with van der Waals surface area (Å²) in [6.45, 7) is 7.26. The van der Waals surface area contributed by atoms with E-state index in [1.165, 1.54) is 0 Å². The smallest absolute Gasteiger partial charge is 0.248 e. The molecule has 4 rings (SSSR count). The number of carbonyl (C=O) groups is 3.